The van der Waals surface area contributed by atoms with Crippen LogP contribution in [0.5, 0.6) is 0 Å². The average Bonchev–Trinajstić information content (AvgIpc) is 3.34. The van der Waals surface area contributed by atoms with Crippen molar-refractivity contribution in [2.24, 2.45) is 0 Å². The van der Waals surface area contributed by atoms with Crippen LogP contribution >= 0.6 is 0 Å². The number of nitrogens with one attached hydrogen (secondary N) is 1. The van der Waals surface area contributed by atoms with Gasteiger partial charge in [0.2, 0.25) is 0 Å². The SMILES string of the molecule is C/C(=C\c1ccco1)CN1CCCC(c2[nH]ncc2-c2c(F)cccc2F)C1. The highest BCUT2D eigenvalue weighted by Gasteiger charge is 2.27. The Balaban J connectivity index is 1.52. The molecule has 146 valence electrons. The highest BCUT2D eigenvalue weighted by molar-refractivity contribution is 5.67. The van der Waals surface area contributed by atoms with Crippen molar-refractivity contribution >= 4 is 6.08 Å². The number of furan rings is 1. The summed E-state index contributed by atoms with van der Waals surface area (Å²) in [5, 5.41) is 7.09. The summed E-state index contributed by atoms with van der Waals surface area (Å²) in [5.41, 5.74) is 2.53. The Hall–Kier alpha value is -2.73. The summed E-state index contributed by atoms with van der Waals surface area (Å²) in [5.74, 6) is -0.126. The van der Waals surface area contributed by atoms with E-state index in [2.05, 4.69) is 22.0 Å². The van der Waals surface area contributed by atoms with Crippen molar-refractivity contribution in [2.45, 2.75) is 25.7 Å². The van der Waals surface area contributed by atoms with Gasteiger partial charge in [0.25, 0.3) is 0 Å². The van der Waals surface area contributed by atoms with Gasteiger partial charge in [-0.25, -0.2) is 8.78 Å². The molecule has 3 aromatic rings. The Morgan fingerprint density at radius 1 is 1.29 bits per heavy atom. The number of H-pyrrole nitrogens is 1. The predicted octanol–water partition coefficient (Wildman–Crippen LogP) is 5.23. The van der Waals surface area contributed by atoms with Crippen LogP contribution in [0.3, 0.4) is 0 Å². The van der Waals surface area contributed by atoms with Gasteiger partial charge in [0.15, 0.2) is 0 Å². The molecule has 0 amide bonds. The lowest BCUT2D eigenvalue weighted by molar-refractivity contribution is 0.222. The van der Waals surface area contributed by atoms with Crippen molar-refractivity contribution in [1.29, 1.82) is 0 Å². The largest absolute Gasteiger partial charge is 0.465 e. The second-order valence-electron chi connectivity index (χ2n) is 7.37. The molecule has 28 heavy (non-hydrogen) atoms. The first-order valence-electron chi connectivity index (χ1n) is 9.52. The number of benzene rings is 1. The Morgan fingerprint density at radius 3 is 2.86 bits per heavy atom. The van der Waals surface area contributed by atoms with E-state index in [0.29, 0.717) is 5.56 Å². The van der Waals surface area contributed by atoms with Crippen molar-refractivity contribution < 1.29 is 13.2 Å². The molecule has 1 saturated heterocycles. The molecule has 0 bridgehead atoms. The molecule has 1 aliphatic heterocycles. The van der Waals surface area contributed by atoms with Gasteiger partial charge >= 0.3 is 0 Å². The molecule has 1 aromatic carbocycles. The maximum atomic E-state index is 14.3. The molecule has 1 N–H and O–H groups in total. The maximum absolute atomic E-state index is 14.3. The fourth-order valence-electron chi connectivity index (χ4n) is 4.01. The lowest BCUT2D eigenvalue weighted by Crippen LogP contribution is -2.35. The fraction of sp³-hybridized carbons (Fsp3) is 0.318. The van der Waals surface area contributed by atoms with E-state index < -0.39 is 11.6 Å². The Morgan fingerprint density at radius 2 is 2.11 bits per heavy atom. The fourth-order valence-corrected chi connectivity index (χ4v) is 4.01. The van der Waals surface area contributed by atoms with E-state index in [1.807, 2.05) is 18.2 Å². The molecule has 0 aliphatic carbocycles. The Labute approximate surface area is 162 Å². The van der Waals surface area contributed by atoms with Crippen LogP contribution in [-0.2, 0) is 0 Å². The summed E-state index contributed by atoms with van der Waals surface area (Å²) in [6, 6.07) is 7.75. The normalized spacial score (nSPS) is 18.5. The molecule has 1 aliphatic rings. The van der Waals surface area contributed by atoms with Crippen LogP contribution in [0.4, 0.5) is 8.78 Å². The summed E-state index contributed by atoms with van der Waals surface area (Å²) in [7, 11) is 0. The number of piperidine rings is 1. The zero-order valence-electron chi connectivity index (χ0n) is 15.8. The third-order valence-electron chi connectivity index (χ3n) is 5.22. The molecular formula is C22H23F2N3O. The minimum atomic E-state index is -0.562. The van der Waals surface area contributed by atoms with Gasteiger partial charge in [0.1, 0.15) is 17.4 Å². The van der Waals surface area contributed by atoms with Gasteiger partial charge in [-0.2, -0.15) is 5.10 Å². The number of aromatic amines is 1. The summed E-state index contributed by atoms with van der Waals surface area (Å²) < 4.78 is 33.9. The topological polar surface area (TPSA) is 45.1 Å². The molecule has 2 aromatic heterocycles. The highest BCUT2D eigenvalue weighted by atomic mass is 19.1. The minimum Gasteiger partial charge on any atom is -0.465 e. The number of likely N-dealkylation sites (tertiary alicyclic amines) is 1. The first kappa shape index (κ1) is 18.6. The minimum absolute atomic E-state index is 0.00253. The lowest BCUT2D eigenvalue weighted by Gasteiger charge is -2.33. The van der Waals surface area contributed by atoms with Crippen LogP contribution in [0, 0.1) is 11.6 Å². The standard InChI is InChI=1S/C22H23F2N3O/c1-15(11-17-6-4-10-28-17)13-27-9-3-5-16(14-27)22-18(12-25-26-22)21-19(23)7-2-8-20(21)24/h2,4,6-8,10-12,16H,3,5,9,13-14H2,1H3,(H,25,26)/b15-11+. The van der Waals surface area contributed by atoms with E-state index in [1.54, 1.807) is 6.26 Å². The zero-order valence-corrected chi connectivity index (χ0v) is 15.8. The summed E-state index contributed by atoms with van der Waals surface area (Å²) >= 11 is 0. The number of nitrogens with zero attached hydrogens (tertiary/aromatic N) is 2. The first-order chi connectivity index (χ1) is 13.6. The van der Waals surface area contributed by atoms with Gasteiger partial charge < -0.3 is 4.42 Å². The molecule has 0 spiro atoms. The Kier molecular flexibility index (Phi) is 5.39. The van der Waals surface area contributed by atoms with E-state index in [1.165, 1.54) is 30.0 Å². The Bertz CT molecular complexity index is 942. The van der Waals surface area contributed by atoms with Crippen molar-refractivity contribution in [2.75, 3.05) is 19.6 Å². The van der Waals surface area contributed by atoms with E-state index in [-0.39, 0.29) is 11.5 Å². The van der Waals surface area contributed by atoms with Crippen LogP contribution in [0.15, 0.2) is 52.8 Å². The van der Waals surface area contributed by atoms with Gasteiger partial charge in [-0.15, -0.1) is 0 Å². The van der Waals surface area contributed by atoms with Crippen LogP contribution in [0.2, 0.25) is 0 Å². The number of rotatable bonds is 5. The molecular weight excluding hydrogens is 360 g/mol. The second-order valence-corrected chi connectivity index (χ2v) is 7.37. The van der Waals surface area contributed by atoms with Crippen LogP contribution in [-0.4, -0.2) is 34.7 Å². The van der Waals surface area contributed by atoms with Crippen molar-refractivity contribution in [3.63, 3.8) is 0 Å². The van der Waals surface area contributed by atoms with Gasteiger partial charge in [-0.05, 0) is 56.7 Å². The van der Waals surface area contributed by atoms with Crippen molar-refractivity contribution in [1.82, 2.24) is 15.1 Å². The number of aromatic nitrogens is 2. The number of hydrogen-bond donors (Lipinski definition) is 1. The quantitative estimate of drug-likeness (QED) is 0.656. The molecule has 1 unspecified atom stereocenters. The number of halogens is 2. The molecule has 6 heteroatoms. The molecule has 0 saturated carbocycles. The second kappa shape index (κ2) is 8.10. The number of hydrogen-bond acceptors (Lipinski definition) is 3. The van der Waals surface area contributed by atoms with E-state index in [4.69, 9.17) is 4.42 Å². The summed E-state index contributed by atoms with van der Waals surface area (Å²) in [6.45, 7) is 4.73. The predicted molar refractivity (Wildman–Crippen MR) is 105 cm³/mol. The summed E-state index contributed by atoms with van der Waals surface area (Å²) in [4.78, 5) is 2.37. The van der Waals surface area contributed by atoms with Gasteiger partial charge in [-0.1, -0.05) is 11.6 Å². The third-order valence-corrected chi connectivity index (χ3v) is 5.22. The lowest BCUT2D eigenvalue weighted by atomic mass is 9.90. The molecule has 0 radical (unpaired) electrons. The molecule has 4 nitrogen and oxygen atoms in total. The summed E-state index contributed by atoms with van der Waals surface area (Å²) in [6.07, 6.45) is 7.22. The zero-order chi connectivity index (χ0) is 19.5. The smallest absolute Gasteiger partial charge is 0.134 e. The molecule has 3 heterocycles. The van der Waals surface area contributed by atoms with E-state index in [9.17, 15) is 8.78 Å². The van der Waals surface area contributed by atoms with Crippen LogP contribution in [0.25, 0.3) is 17.2 Å². The van der Waals surface area contributed by atoms with Crippen LogP contribution in [0.1, 0.15) is 37.1 Å². The van der Waals surface area contributed by atoms with E-state index in [0.717, 1.165) is 43.9 Å². The van der Waals surface area contributed by atoms with Crippen molar-refractivity contribution in [3.05, 3.63) is 71.5 Å². The average molecular weight is 383 g/mol. The molecule has 4 rings (SSSR count). The highest BCUT2D eigenvalue weighted by Crippen LogP contribution is 2.35. The van der Waals surface area contributed by atoms with Gasteiger partial charge in [-0.3, -0.25) is 10.00 Å². The molecule has 1 fully saturated rings. The first-order valence-corrected chi connectivity index (χ1v) is 9.52. The maximum Gasteiger partial charge on any atom is 0.134 e. The van der Waals surface area contributed by atoms with Gasteiger partial charge in [0.05, 0.1) is 18.0 Å². The van der Waals surface area contributed by atoms with E-state index >= 15 is 0 Å². The monoisotopic (exact) mass is 383 g/mol. The third kappa shape index (κ3) is 3.92. The van der Waals surface area contributed by atoms with Crippen LogP contribution < -0.4 is 0 Å². The molecule has 1 atom stereocenters. The van der Waals surface area contributed by atoms with Gasteiger partial charge in [0, 0.05) is 30.3 Å². The van der Waals surface area contributed by atoms with Crippen molar-refractivity contribution in [3.8, 4) is 11.1 Å².